The lowest BCUT2D eigenvalue weighted by molar-refractivity contribution is 0.636. The van der Waals surface area contributed by atoms with E-state index in [1.54, 1.807) is 18.4 Å². The van der Waals surface area contributed by atoms with Crippen LogP contribution in [0.25, 0.3) is 0 Å². The number of guanidine groups is 1. The highest BCUT2D eigenvalue weighted by atomic mass is 32.1. The van der Waals surface area contributed by atoms with Crippen LogP contribution in [0.5, 0.6) is 0 Å². The van der Waals surface area contributed by atoms with E-state index >= 15 is 0 Å². The quantitative estimate of drug-likeness (QED) is 0.649. The summed E-state index contributed by atoms with van der Waals surface area (Å²) < 4.78 is 1.94. The van der Waals surface area contributed by atoms with Crippen molar-refractivity contribution in [3.05, 3.63) is 33.0 Å². The van der Waals surface area contributed by atoms with Gasteiger partial charge in [0.05, 0.1) is 17.2 Å². The number of hydrogen-bond acceptors (Lipinski definition) is 4. The van der Waals surface area contributed by atoms with Gasteiger partial charge in [0.2, 0.25) is 0 Å². The van der Waals surface area contributed by atoms with Crippen LogP contribution in [0.4, 0.5) is 0 Å². The van der Waals surface area contributed by atoms with Crippen LogP contribution in [0.2, 0.25) is 0 Å². The average molecular weight is 334 g/mol. The minimum absolute atomic E-state index is 0.269. The first kappa shape index (κ1) is 17.5. The van der Waals surface area contributed by atoms with Gasteiger partial charge in [0.25, 0.3) is 0 Å². The van der Waals surface area contributed by atoms with Crippen LogP contribution in [0.1, 0.15) is 33.8 Å². The molecule has 1 unspecified atom stereocenters. The Kier molecular flexibility index (Phi) is 5.76. The molecule has 0 aliphatic carbocycles. The summed E-state index contributed by atoms with van der Waals surface area (Å²) in [6.45, 7) is 9.09. The Morgan fingerprint density at radius 2 is 2.13 bits per heavy atom. The summed E-state index contributed by atoms with van der Waals surface area (Å²) in [5.41, 5.74) is 3.63. The number of thiazole rings is 1. The molecule has 0 aromatic carbocycles. The molecule has 2 N–H and O–H groups in total. The van der Waals surface area contributed by atoms with Crippen molar-refractivity contribution in [2.24, 2.45) is 12.0 Å². The fourth-order valence-corrected chi connectivity index (χ4v) is 3.29. The van der Waals surface area contributed by atoms with E-state index < -0.39 is 0 Å². The Hall–Kier alpha value is -1.89. The highest BCUT2D eigenvalue weighted by Gasteiger charge is 2.14. The molecule has 1 atom stereocenters. The second-order valence-corrected chi connectivity index (χ2v) is 7.11. The number of aryl methyl sites for hydroxylation is 3. The van der Waals surface area contributed by atoms with Crippen molar-refractivity contribution in [2.75, 3.05) is 7.05 Å². The molecule has 2 aromatic heterocycles. The third-order valence-electron chi connectivity index (χ3n) is 3.88. The van der Waals surface area contributed by atoms with Gasteiger partial charge < -0.3 is 10.6 Å². The Balaban J connectivity index is 1.90. The largest absolute Gasteiger partial charge is 0.354 e. The minimum atomic E-state index is 0.269. The van der Waals surface area contributed by atoms with E-state index in [0.29, 0.717) is 0 Å². The average Bonchev–Trinajstić information content (AvgIpc) is 3.02. The van der Waals surface area contributed by atoms with Crippen molar-refractivity contribution in [3.63, 3.8) is 0 Å². The van der Waals surface area contributed by atoms with Gasteiger partial charge in [-0.05, 0) is 39.7 Å². The summed E-state index contributed by atoms with van der Waals surface area (Å²) in [5, 5.41) is 12.3. The molecule has 0 aliphatic heterocycles. The minimum Gasteiger partial charge on any atom is -0.354 e. The van der Waals surface area contributed by atoms with Gasteiger partial charge in [-0.1, -0.05) is 0 Å². The summed E-state index contributed by atoms with van der Waals surface area (Å²) >= 11 is 1.70. The standard InChI is InChI=1S/C16H26N6S/c1-10(7-15-11(2)21-22(6)12(15)3)20-16(17-5)19-9-14-8-18-13(4)23-14/h8,10H,7,9H2,1-6H3,(H2,17,19,20). The van der Waals surface area contributed by atoms with Crippen LogP contribution >= 0.6 is 11.3 Å². The number of rotatable bonds is 5. The van der Waals surface area contributed by atoms with Crippen molar-refractivity contribution in [2.45, 2.75) is 46.7 Å². The topological polar surface area (TPSA) is 67.1 Å². The van der Waals surface area contributed by atoms with Crippen LogP contribution in [0.15, 0.2) is 11.2 Å². The van der Waals surface area contributed by atoms with Crippen LogP contribution in [-0.4, -0.2) is 33.8 Å². The van der Waals surface area contributed by atoms with Gasteiger partial charge in [0.1, 0.15) is 0 Å². The highest BCUT2D eigenvalue weighted by molar-refractivity contribution is 7.11. The van der Waals surface area contributed by atoms with Gasteiger partial charge in [0.15, 0.2) is 5.96 Å². The number of nitrogens with zero attached hydrogens (tertiary/aromatic N) is 4. The fraction of sp³-hybridized carbons (Fsp3) is 0.562. The molecular formula is C16H26N6S. The Morgan fingerprint density at radius 3 is 2.65 bits per heavy atom. The third-order valence-corrected chi connectivity index (χ3v) is 4.79. The number of aromatic nitrogens is 3. The Labute approximate surface area is 142 Å². The summed E-state index contributed by atoms with van der Waals surface area (Å²) in [7, 11) is 3.78. The van der Waals surface area contributed by atoms with Gasteiger partial charge in [-0.3, -0.25) is 9.67 Å². The van der Waals surface area contributed by atoms with Crippen molar-refractivity contribution in [3.8, 4) is 0 Å². The molecule has 0 radical (unpaired) electrons. The van der Waals surface area contributed by atoms with E-state index in [4.69, 9.17) is 0 Å². The molecule has 0 spiro atoms. The van der Waals surface area contributed by atoms with Gasteiger partial charge in [-0.15, -0.1) is 11.3 Å². The predicted molar refractivity (Wildman–Crippen MR) is 96.0 cm³/mol. The van der Waals surface area contributed by atoms with Gasteiger partial charge in [-0.25, -0.2) is 4.98 Å². The van der Waals surface area contributed by atoms with Crippen molar-refractivity contribution in [1.82, 2.24) is 25.4 Å². The maximum absolute atomic E-state index is 4.48. The highest BCUT2D eigenvalue weighted by Crippen LogP contribution is 2.14. The van der Waals surface area contributed by atoms with Crippen molar-refractivity contribution in [1.29, 1.82) is 0 Å². The van der Waals surface area contributed by atoms with E-state index in [-0.39, 0.29) is 6.04 Å². The molecule has 0 aliphatic rings. The SMILES string of the molecule is CN=C(NCc1cnc(C)s1)NC(C)Cc1c(C)nn(C)c1C. The van der Waals surface area contributed by atoms with Crippen LogP contribution in [0, 0.1) is 20.8 Å². The second kappa shape index (κ2) is 7.59. The Bertz CT molecular complexity index is 685. The van der Waals surface area contributed by atoms with Crippen molar-refractivity contribution < 1.29 is 0 Å². The summed E-state index contributed by atoms with van der Waals surface area (Å²) in [6.07, 6.45) is 2.83. The number of aliphatic imine (C=N–C) groups is 1. The first-order valence-corrected chi connectivity index (χ1v) is 8.60. The molecule has 23 heavy (non-hydrogen) atoms. The first-order chi connectivity index (χ1) is 10.9. The molecule has 0 amide bonds. The monoisotopic (exact) mass is 334 g/mol. The molecule has 2 heterocycles. The zero-order chi connectivity index (χ0) is 17.0. The Morgan fingerprint density at radius 1 is 1.39 bits per heavy atom. The van der Waals surface area contributed by atoms with E-state index in [1.165, 1.54) is 16.1 Å². The normalized spacial score (nSPS) is 13.2. The smallest absolute Gasteiger partial charge is 0.191 e. The third kappa shape index (κ3) is 4.54. The zero-order valence-electron chi connectivity index (χ0n) is 14.8. The lowest BCUT2D eigenvalue weighted by Crippen LogP contribution is -2.42. The maximum atomic E-state index is 4.48. The number of nitrogens with one attached hydrogen (secondary N) is 2. The summed E-state index contributed by atoms with van der Waals surface area (Å²) in [5.74, 6) is 0.808. The lowest BCUT2D eigenvalue weighted by Gasteiger charge is -2.18. The zero-order valence-corrected chi connectivity index (χ0v) is 15.6. The molecule has 0 fully saturated rings. The van der Waals surface area contributed by atoms with Crippen LogP contribution in [-0.2, 0) is 20.0 Å². The number of hydrogen-bond donors (Lipinski definition) is 2. The van der Waals surface area contributed by atoms with Crippen molar-refractivity contribution >= 4 is 17.3 Å². The second-order valence-electron chi connectivity index (χ2n) is 5.79. The van der Waals surface area contributed by atoms with Gasteiger partial charge in [-0.2, -0.15) is 5.10 Å². The van der Waals surface area contributed by atoms with E-state index in [0.717, 1.165) is 29.6 Å². The predicted octanol–water partition coefficient (Wildman–Crippen LogP) is 2.10. The van der Waals surface area contributed by atoms with Crippen LogP contribution in [0.3, 0.4) is 0 Å². The molecule has 6 nitrogen and oxygen atoms in total. The molecule has 7 heteroatoms. The molecule has 0 bridgehead atoms. The molecule has 126 valence electrons. The van der Waals surface area contributed by atoms with Crippen LogP contribution < -0.4 is 10.6 Å². The molecular weight excluding hydrogens is 308 g/mol. The molecule has 2 aromatic rings. The first-order valence-electron chi connectivity index (χ1n) is 7.78. The summed E-state index contributed by atoms with van der Waals surface area (Å²) in [6, 6.07) is 0.269. The van der Waals surface area contributed by atoms with Gasteiger partial charge >= 0.3 is 0 Å². The van der Waals surface area contributed by atoms with E-state index in [1.807, 2.05) is 24.9 Å². The molecule has 0 saturated heterocycles. The molecule has 2 rings (SSSR count). The van der Waals surface area contributed by atoms with Gasteiger partial charge in [0, 0.05) is 36.9 Å². The maximum Gasteiger partial charge on any atom is 0.191 e. The van der Waals surface area contributed by atoms with E-state index in [2.05, 4.69) is 46.5 Å². The van der Waals surface area contributed by atoms with E-state index in [9.17, 15) is 0 Å². The fourth-order valence-electron chi connectivity index (χ4n) is 2.56. The summed E-state index contributed by atoms with van der Waals surface area (Å²) in [4.78, 5) is 9.77. The lowest BCUT2D eigenvalue weighted by atomic mass is 10.1. The molecule has 0 saturated carbocycles.